The van der Waals surface area contributed by atoms with E-state index in [2.05, 4.69) is 29.8 Å². The van der Waals surface area contributed by atoms with E-state index in [1.165, 1.54) is 18.1 Å². The highest BCUT2D eigenvalue weighted by Gasteiger charge is 2.14. The molecule has 114 valence electrons. The Bertz CT molecular complexity index is 542. The van der Waals surface area contributed by atoms with Crippen LogP contribution in [-0.2, 0) is 6.42 Å². The maximum atomic E-state index is 13.6. The zero-order valence-corrected chi connectivity index (χ0v) is 13.4. The molecule has 21 heavy (non-hydrogen) atoms. The topological polar surface area (TPSA) is 21.3 Å². The molecular formula is C17H22FNOS. The van der Waals surface area contributed by atoms with E-state index in [9.17, 15) is 4.39 Å². The van der Waals surface area contributed by atoms with Gasteiger partial charge in [-0.2, -0.15) is 0 Å². The molecule has 0 radical (unpaired) electrons. The third-order valence-corrected chi connectivity index (χ3v) is 4.41. The highest BCUT2D eigenvalue weighted by atomic mass is 32.1. The minimum absolute atomic E-state index is 0.224. The van der Waals surface area contributed by atoms with Crippen LogP contribution in [0.2, 0.25) is 0 Å². The molecule has 0 saturated carbocycles. The monoisotopic (exact) mass is 307 g/mol. The zero-order chi connectivity index (χ0) is 15.1. The van der Waals surface area contributed by atoms with E-state index in [1.807, 2.05) is 6.07 Å². The molecule has 1 atom stereocenters. The predicted molar refractivity (Wildman–Crippen MR) is 86.6 cm³/mol. The first kappa shape index (κ1) is 16.0. The first-order chi connectivity index (χ1) is 10.2. The van der Waals surface area contributed by atoms with Crippen LogP contribution in [0.5, 0.6) is 5.75 Å². The molecule has 0 aliphatic carbocycles. The maximum absolute atomic E-state index is 13.6. The van der Waals surface area contributed by atoms with Gasteiger partial charge in [0.15, 0.2) is 11.6 Å². The van der Waals surface area contributed by atoms with Crippen LogP contribution in [0, 0.1) is 5.82 Å². The molecule has 0 aliphatic heterocycles. The largest absolute Gasteiger partial charge is 0.494 e. The van der Waals surface area contributed by atoms with Gasteiger partial charge < -0.3 is 10.1 Å². The lowest BCUT2D eigenvalue weighted by molar-refractivity contribution is 0.384. The summed E-state index contributed by atoms with van der Waals surface area (Å²) in [7, 11) is 1.50. The van der Waals surface area contributed by atoms with Gasteiger partial charge in [0.05, 0.1) is 7.11 Å². The molecule has 1 aromatic heterocycles. The Morgan fingerprint density at radius 2 is 2.19 bits per heavy atom. The van der Waals surface area contributed by atoms with Gasteiger partial charge in [0.25, 0.3) is 0 Å². The summed E-state index contributed by atoms with van der Waals surface area (Å²) in [5.41, 5.74) is 1.08. The average molecular weight is 307 g/mol. The highest BCUT2D eigenvalue weighted by molar-refractivity contribution is 7.09. The Morgan fingerprint density at radius 1 is 1.33 bits per heavy atom. The SMILES string of the molecule is CCCNC(CCc1cccs1)c1ccc(F)c(OC)c1. The smallest absolute Gasteiger partial charge is 0.165 e. The van der Waals surface area contributed by atoms with Crippen molar-refractivity contribution >= 4 is 11.3 Å². The van der Waals surface area contributed by atoms with Gasteiger partial charge >= 0.3 is 0 Å². The van der Waals surface area contributed by atoms with E-state index in [1.54, 1.807) is 17.4 Å². The normalized spacial score (nSPS) is 12.3. The van der Waals surface area contributed by atoms with Crippen LogP contribution in [0.3, 0.4) is 0 Å². The van der Waals surface area contributed by atoms with Crippen molar-refractivity contribution in [3.05, 3.63) is 52.0 Å². The van der Waals surface area contributed by atoms with Gasteiger partial charge in [-0.3, -0.25) is 0 Å². The summed E-state index contributed by atoms with van der Waals surface area (Å²) in [6.07, 6.45) is 3.10. The van der Waals surface area contributed by atoms with Crippen LogP contribution in [0.4, 0.5) is 4.39 Å². The minimum atomic E-state index is -0.311. The van der Waals surface area contributed by atoms with Gasteiger partial charge in [0, 0.05) is 10.9 Å². The molecule has 1 heterocycles. The van der Waals surface area contributed by atoms with E-state index in [0.717, 1.165) is 31.4 Å². The first-order valence-corrected chi connectivity index (χ1v) is 8.21. The summed E-state index contributed by atoms with van der Waals surface area (Å²) in [5.74, 6) is 0.000621. The number of ether oxygens (including phenoxy) is 1. The van der Waals surface area contributed by atoms with Crippen LogP contribution in [0.15, 0.2) is 35.7 Å². The Balaban J connectivity index is 2.10. The van der Waals surface area contributed by atoms with Crippen molar-refractivity contribution in [1.82, 2.24) is 5.32 Å². The van der Waals surface area contributed by atoms with Gasteiger partial charge in [-0.1, -0.05) is 19.1 Å². The summed E-state index contributed by atoms with van der Waals surface area (Å²) >= 11 is 1.78. The average Bonchev–Trinajstić information content (AvgIpc) is 3.01. The second-order valence-electron chi connectivity index (χ2n) is 5.02. The molecule has 0 spiro atoms. The molecule has 4 heteroatoms. The second kappa shape index (κ2) is 8.15. The Labute approximate surface area is 130 Å². The zero-order valence-electron chi connectivity index (χ0n) is 12.6. The minimum Gasteiger partial charge on any atom is -0.494 e. The van der Waals surface area contributed by atoms with Crippen molar-refractivity contribution in [2.45, 2.75) is 32.2 Å². The number of benzene rings is 1. The van der Waals surface area contributed by atoms with E-state index < -0.39 is 0 Å². The molecule has 1 N–H and O–H groups in total. The molecule has 2 rings (SSSR count). The number of hydrogen-bond acceptors (Lipinski definition) is 3. The number of halogens is 1. The fraction of sp³-hybridized carbons (Fsp3) is 0.412. The van der Waals surface area contributed by atoms with Crippen molar-refractivity contribution in [2.24, 2.45) is 0 Å². The molecule has 0 bridgehead atoms. The van der Waals surface area contributed by atoms with Gasteiger partial charge in [-0.15, -0.1) is 11.3 Å². The lowest BCUT2D eigenvalue weighted by atomic mass is 10.0. The summed E-state index contributed by atoms with van der Waals surface area (Å²) in [5, 5.41) is 5.65. The van der Waals surface area contributed by atoms with Crippen LogP contribution in [-0.4, -0.2) is 13.7 Å². The third kappa shape index (κ3) is 4.55. The molecule has 0 aliphatic rings. The van der Waals surface area contributed by atoms with Gasteiger partial charge in [0.1, 0.15) is 0 Å². The summed E-state index contributed by atoms with van der Waals surface area (Å²) in [6, 6.07) is 9.60. The lowest BCUT2D eigenvalue weighted by Gasteiger charge is -2.19. The number of nitrogens with one attached hydrogen (secondary N) is 1. The first-order valence-electron chi connectivity index (χ1n) is 7.33. The number of rotatable bonds is 8. The van der Waals surface area contributed by atoms with Crippen molar-refractivity contribution in [3.63, 3.8) is 0 Å². The summed E-state index contributed by atoms with van der Waals surface area (Å²) < 4.78 is 18.6. The summed E-state index contributed by atoms with van der Waals surface area (Å²) in [4.78, 5) is 1.38. The van der Waals surface area contributed by atoms with Crippen LogP contribution < -0.4 is 10.1 Å². The summed E-state index contributed by atoms with van der Waals surface area (Å²) in [6.45, 7) is 3.10. The molecule has 1 aromatic carbocycles. The fourth-order valence-corrected chi connectivity index (χ4v) is 3.06. The standard InChI is InChI=1S/C17H22FNOS/c1-3-10-19-16(9-7-14-5-4-11-21-14)13-6-8-15(18)17(12-13)20-2/h4-6,8,11-12,16,19H,3,7,9-10H2,1-2H3. The van der Waals surface area contributed by atoms with E-state index in [0.29, 0.717) is 5.75 Å². The molecular weight excluding hydrogens is 285 g/mol. The number of hydrogen-bond donors (Lipinski definition) is 1. The fourth-order valence-electron chi connectivity index (χ4n) is 2.34. The molecule has 0 amide bonds. The van der Waals surface area contributed by atoms with Crippen molar-refractivity contribution in [2.75, 3.05) is 13.7 Å². The quantitative estimate of drug-likeness (QED) is 0.771. The number of methoxy groups -OCH3 is 1. The Hall–Kier alpha value is -1.39. The van der Waals surface area contributed by atoms with Crippen LogP contribution >= 0.6 is 11.3 Å². The lowest BCUT2D eigenvalue weighted by Crippen LogP contribution is -2.22. The van der Waals surface area contributed by atoms with E-state index >= 15 is 0 Å². The second-order valence-corrected chi connectivity index (χ2v) is 6.05. The predicted octanol–water partition coefficient (Wildman–Crippen LogP) is 4.57. The van der Waals surface area contributed by atoms with Crippen LogP contribution in [0.25, 0.3) is 0 Å². The Kier molecular flexibility index (Phi) is 6.21. The molecule has 1 unspecified atom stereocenters. The van der Waals surface area contributed by atoms with E-state index in [-0.39, 0.29) is 11.9 Å². The highest BCUT2D eigenvalue weighted by Crippen LogP contribution is 2.26. The van der Waals surface area contributed by atoms with Crippen molar-refractivity contribution in [3.8, 4) is 5.75 Å². The maximum Gasteiger partial charge on any atom is 0.165 e. The molecule has 2 nitrogen and oxygen atoms in total. The van der Waals surface area contributed by atoms with Crippen LogP contribution in [0.1, 0.15) is 36.2 Å². The third-order valence-electron chi connectivity index (χ3n) is 3.48. The van der Waals surface area contributed by atoms with Crippen molar-refractivity contribution in [1.29, 1.82) is 0 Å². The molecule has 0 fully saturated rings. The molecule has 2 aromatic rings. The van der Waals surface area contributed by atoms with Gasteiger partial charge in [0.2, 0.25) is 0 Å². The van der Waals surface area contributed by atoms with Gasteiger partial charge in [-0.05, 0) is 54.9 Å². The number of thiophene rings is 1. The Morgan fingerprint density at radius 3 is 2.86 bits per heavy atom. The molecule has 0 saturated heterocycles. The van der Waals surface area contributed by atoms with Gasteiger partial charge in [-0.25, -0.2) is 4.39 Å². The van der Waals surface area contributed by atoms with E-state index in [4.69, 9.17) is 4.74 Å². The number of aryl methyl sites for hydroxylation is 1. The van der Waals surface area contributed by atoms with Crippen molar-refractivity contribution < 1.29 is 9.13 Å².